The van der Waals surface area contributed by atoms with Crippen molar-refractivity contribution < 1.29 is 23.9 Å². The fraction of sp³-hybridized carbons (Fsp3) is 0.154. The van der Waals surface area contributed by atoms with Crippen molar-refractivity contribution in [2.45, 2.75) is 17.8 Å². The molecule has 0 radical (unpaired) electrons. The number of imidazole rings is 1. The fourth-order valence-electron chi connectivity index (χ4n) is 3.29. The van der Waals surface area contributed by atoms with E-state index < -0.39 is 11.8 Å². The Morgan fingerprint density at radius 1 is 0.944 bits per heavy atom. The van der Waals surface area contributed by atoms with Gasteiger partial charge < -0.3 is 14.5 Å². The van der Waals surface area contributed by atoms with Crippen LogP contribution in [0.5, 0.6) is 11.5 Å². The fourth-order valence-corrected chi connectivity index (χ4v) is 4.13. The molecule has 4 aromatic rings. The van der Waals surface area contributed by atoms with Gasteiger partial charge in [-0.25, -0.2) is 4.98 Å². The van der Waals surface area contributed by atoms with Gasteiger partial charge in [-0.2, -0.15) is 0 Å². The molecule has 0 unspecified atom stereocenters. The summed E-state index contributed by atoms with van der Waals surface area (Å²) in [6, 6.07) is 19.6. The Kier molecular flexibility index (Phi) is 7.86. The maximum absolute atomic E-state index is 12.4. The Balaban J connectivity index is 1.24. The number of rotatable bonds is 9. The number of H-pyrrole nitrogens is 1. The Labute approximate surface area is 211 Å². The molecule has 0 bridgehead atoms. The molecule has 1 aromatic heterocycles. The molecule has 36 heavy (non-hydrogen) atoms. The summed E-state index contributed by atoms with van der Waals surface area (Å²) in [4.78, 5) is 43.8. The topological polar surface area (TPSA) is 122 Å². The number of ketones is 1. The minimum Gasteiger partial charge on any atom is -0.493 e. The molecule has 3 N–H and O–H groups in total. The van der Waals surface area contributed by atoms with Crippen LogP contribution in [-0.2, 0) is 10.5 Å². The molecular formula is C26H24N4O5S. The molecule has 184 valence electrons. The molecule has 0 fully saturated rings. The van der Waals surface area contributed by atoms with E-state index in [0.717, 1.165) is 21.8 Å². The minimum absolute atomic E-state index is 0.113. The van der Waals surface area contributed by atoms with Crippen LogP contribution in [0, 0.1) is 0 Å². The van der Waals surface area contributed by atoms with Crippen LogP contribution in [0.15, 0.2) is 71.9 Å². The van der Waals surface area contributed by atoms with Crippen molar-refractivity contribution >= 4 is 40.4 Å². The van der Waals surface area contributed by atoms with E-state index in [0.29, 0.717) is 28.4 Å². The van der Waals surface area contributed by atoms with Gasteiger partial charge in [0, 0.05) is 16.9 Å². The van der Waals surface area contributed by atoms with Gasteiger partial charge in [0.1, 0.15) is 0 Å². The van der Waals surface area contributed by atoms with Crippen molar-refractivity contribution in [2.24, 2.45) is 0 Å². The van der Waals surface area contributed by atoms with Gasteiger partial charge in [0.25, 0.3) is 11.8 Å². The van der Waals surface area contributed by atoms with E-state index in [4.69, 9.17) is 9.47 Å². The summed E-state index contributed by atoms with van der Waals surface area (Å²) in [5, 5.41) is 0.829. The minimum atomic E-state index is -0.556. The molecule has 0 aliphatic rings. The van der Waals surface area contributed by atoms with Gasteiger partial charge in [-0.15, -0.1) is 0 Å². The average Bonchev–Trinajstić information content (AvgIpc) is 3.32. The third kappa shape index (κ3) is 6.22. The lowest BCUT2D eigenvalue weighted by atomic mass is 10.1. The second-order valence-corrected chi connectivity index (χ2v) is 8.72. The third-order valence-corrected chi connectivity index (χ3v) is 6.15. The van der Waals surface area contributed by atoms with Crippen LogP contribution in [0.25, 0.3) is 11.0 Å². The number of thioether (sulfide) groups is 1. The maximum atomic E-state index is 12.4. The average molecular weight is 505 g/mol. The number of carbonyl (C=O) groups is 3. The monoisotopic (exact) mass is 504 g/mol. The maximum Gasteiger partial charge on any atom is 0.276 e. The smallest absolute Gasteiger partial charge is 0.276 e. The molecule has 3 aromatic carbocycles. The summed E-state index contributed by atoms with van der Waals surface area (Å²) in [7, 11) is 1.44. The van der Waals surface area contributed by atoms with E-state index in [1.54, 1.807) is 36.0 Å². The van der Waals surface area contributed by atoms with E-state index in [9.17, 15) is 14.4 Å². The van der Waals surface area contributed by atoms with Gasteiger partial charge in [-0.3, -0.25) is 25.2 Å². The van der Waals surface area contributed by atoms with Gasteiger partial charge in [-0.05, 0) is 55.0 Å². The number of benzene rings is 3. The SMILES string of the molecule is COc1cc(C(C)=O)ccc1OCC(=O)NNC(=O)c1ccc(CSc2nc3ccccc3[nH]2)cc1. The number of hydrogen-bond donors (Lipinski definition) is 3. The van der Waals surface area contributed by atoms with Crippen molar-refractivity contribution in [2.75, 3.05) is 13.7 Å². The normalized spacial score (nSPS) is 10.6. The molecule has 1 heterocycles. The van der Waals surface area contributed by atoms with Crippen LogP contribution in [0.1, 0.15) is 33.2 Å². The van der Waals surface area contributed by atoms with Gasteiger partial charge in [0.15, 0.2) is 29.0 Å². The van der Waals surface area contributed by atoms with Crippen molar-refractivity contribution in [3.8, 4) is 11.5 Å². The zero-order chi connectivity index (χ0) is 25.5. The molecule has 0 saturated heterocycles. The zero-order valence-corrected chi connectivity index (χ0v) is 20.5. The number of hydrogen-bond acceptors (Lipinski definition) is 7. The predicted octanol–water partition coefficient (Wildman–Crippen LogP) is 3.91. The number of nitrogens with one attached hydrogen (secondary N) is 3. The first-order chi connectivity index (χ1) is 17.4. The van der Waals surface area contributed by atoms with Crippen LogP contribution >= 0.6 is 11.8 Å². The summed E-state index contributed by atoms with van der Waals surface area (Å²) < 4.78 is 10.7. The van der Waals surface area contributed by atoms with Crippen molar-refractivity contribution in [3.05, 3.63) is 83.4 Å². The molecule has 2 amide bonds. The van der Waals surface area contributed by atoms with Crippen LogP contribution in [0.2, 0.25) is 0 Å². The van der Waals surface area contributed by atoms with E-state index >= 15 is 0 Å². The van der Waals surface area contributed by atoms with Crippen molar-refractivity contribution in [3.63, 3.8) is 0 Å². The Morgan fingerprint density at radius 3 is 2.42 bits per heavy atom. The molecule has 4 rings (SSSR count). The summed E-state index contributed by atoms with van der Waals surface area (Å²) in [5.74, 6) is 0.201. The van der Waals surface area contributed by atoms with Gasteiger partial charge >= 0.3 is 0 Å². The molecule has 9 nitrogen and oxygen atoms in total. The second kappa shape index (κ2) is 11.4. The lowest BCUT2D eigenvalue weighted by molar-refractivity contribution is -0.123. The summed E-state index contributed by atoms with van der Waals surface area (Å²) in [5.41, 5.74) is 8.49. The molecule has 0 spiro atoms. The molecule has 0 atom stereocenters. The third-order valence-electron chi connectivity index (χ3n) is 5.20. The molecular weight excluding hydrogens is 480 g/mol. The first-order valence-electron chi connectivity index (χ1n) is 11.0. The first kappa shape index (κ1) is 24.8. The highest BCUT2D eigenvalue weighted by Gasteiger charge is 2.12. The predicted molar refractivity (Wildman–Crippen MR) is 136 cm³/mol. The molecule has 0 saturated carbocycles. The summed E-state index contributed by atoms with van der Waals surface area (Å²) in [6.45, 7) is 1.09. The van der Waals surface area contributed by atoms with Crippen LogP contribution in [-0.4, -0.2) is 41.3 Å². The lowest BCUT2D eigenvalue weighted by Crippen LogP contribution is -2.43. The lowest BCUT2D eigenvalue weighted by Gasteiger charge is -2.12. The van der Waals surface area contributed by atoms with Gasteiger partial charge in [0.05, 0.1) is 18.1 Å². The number of nitrogens with zero attached hydrogens (tertiary/aromatic N) is 1. The van der Waals surface area contributed by atoms with Crippen molar-refractivity contribution in [1.82, 2.24) is 20.8 Å². The highest BCUT2D eigenvalue weighted by molar-refractivity contribution is 7.98. The van der Waals surface area contributed by atoms with Crippen LogP contribution in [0.3, 0.4) is 0 Å². The molecule has 0 aliphatic heterocycles. The Morgan fingerprint density at radius 2 is 1.69 bits per heavy atom. The van der Waals surface area contributed by atoms with Gasteiger partial charge in [0.2, 0.25) is 0 Å². The first-order valence-corrected chi connectivity index (χ1v) is 12.0. The number of Topliss-reactive ketones (excluding diaryl/α,β-unsaturated/α-hetero) is 1. The number of aromatic amines is 1. The second-order valence-electron chi connectivity index (χ2n) is 7.76. The highest BCUT2D eigenvalue weighted by atomic mass is 32.2. The van der Waals surface area contributed by atoms with Crippen molar-refractivity contribution in [1.29, 1.82) is 0 Å². The number of ether oxygens (including phenoxy) is 2. The highest BCUT2D eigenvalue weighted by Crippen LogP contribution is 2.28. The largest absolute Gasteiger partial charge is 0.493 e. The number of aromatic nitrogens is 2. The Hall–Kier alpha value is -4.31. The molecule has 10 heteroatoms. The Bertz CT molecular complexity index is 1370. The number of hydrazine groups is 1. The standard InChI is InChI=1S/C26H24N4O5S/c1-16(31)19-11-12-22(23(13-19)34-2)35-14-24(32)29-30-25(33)18-9-7-17(8-10-18)15-36-26-27-20-5-3-4-6-21(20)28-26/h3-13H,14-15H2,1-2H3,(H,27,28)(H,29,32)(H,30,33). The molecule has 0 aliphatic carbocycles. The zero-order valence-electron chi connectivity index (χ0n) is 19.7. The number of carbonyl (C=O) groups excluding carboxylic acids is 3. The number of fused-ring (bicyclic) bond motifs is 1. The van der Waals surface area contributed by atoms with Crippen LogP contribution < -0.4 is 20.3 Å². The quantitative estimate of drug-likeness (QED) is 0.179. The van der Waals surface area contributed by atoms with E-state index in [1.165, 1.54) is 20.1 Å². The van der Waals surface area contributed by atoms with Gasteiger partial charge in [-0.1, -0.05) is 36.0 Å². The number of methoxy groups -OCH3 is 1. The van der Waals surface area contributed by atoms with E-state index in [1.807, 2.05) is 36.4 Å². The number of amides is 2. The summed E-state index contributed by atoms with van der Waals surface area (Å²) in [6.07, 6.45) is 0. The van der Waals surface area contributed by atoms with Crippen LogP contribution in [0.4, 0.5) is 0 Å². The van der Waals surface area contributed by atoms with E-state index in [2.05, 4.69) is 20.8 Å². The summed E-state index contributed by atoms with van der Waals surface area (Å²) >= 11 is 1.57. The number of para-hydroxylation sites is 2. The van der Waals surface area contributed by atoms with E-state index in [-0.39, 0.29) is 12.4 Å².